The zero-order valence-corrected chi connectivity index (χ0v) is 13.0. The van der Waals surface area contributed by atoms with Gasteiger partial charge in [-0.05, 0) is 17.7 Å². The van der Waals surface area contributed by atoms with Crippen LogP contribution in [0.3, 0.4) is 0 Å². The minimum absolute atomic E-state index is 0.121. The van der Waals surface area contributed by atoms with Crippen molar-refractivity contribution in [2.45, 2.75) is 25.7 Å². The topological polar surface area (TPSA) is 42.7 Å². The molecule has 0 bridgehead atoms. The highest BCUT2D eigenvalue weighted by molar-refractivity contribution is 5.76. The van der Waals surface area contributed by atoms with Gasteiger partial charge >= 0.3 is 6.18 Å². The summed E-state index contributed by atoms with van der Waals surface area (Å²) in [7, 11) is 0. The smallest absolute Gasteiger partial charge is 0.411 e. The summed E-state index contributed by atoms with van der Waals surface area (Å²) in [4.78, 5) is 13.9. The van der Waals surface area contributed by atoms with Gasteiger partial charge < -0.3 is 14.1 Å². The monoisotopic (exact) mass is 341 g/mol. The lowest BCUT2D eigenvalue weighted by Crippen LogP contribution is -2.31. The van der Waals surface area contributed by atoms with Gasteiger partial charge in [0.05, 0.1) is 25.8 Å². The first kappa shape index (κ1) is 18.1. The first-order valence-corrected chi connectivity index (χ1v) is 7.42. The lowest BCUT2D eigenvalue weighted by molar-refractivity contribution is -0.175. The average Bonchev–Trinajstić information content (AvgIpc) is 3.04. The number of nitrogens with zero attached hydrogens (tertiary/aromatic N) is 1. The molecule has 4 nitrogen and oxygen atoms in total. The molecule has 1 aromatic carbocycles. The van der Waals surface area contributed by atoms with Crippen LogP contribution in [0.15, 0.2) is 53.1 Å². The van der Waals surface area contributed by atoms with E-state index < -0.39 is 12.8 Å². The number of benzene rings is 1. The molecule has 2 aromatic rings. The lowest BCUT2D eigenvalue weighted by Gasteiger charge is -2.22. The van der Waals surface area contributed by atoms with Crippen molar-refractivity contribution in [1.29, 1.82) is 0 Å². The molecule has 0 spiro atoms. The van der Waals surface area contributed by atoms with Crippen LogP contribution >= 0.6 is 0 Å². The number of ether oxygens (including phenoxy) is 1. The summed E-state index contributed by atoms with van der Waals surface area (Å²) < 4.78 is 45.9. The summed E-state index contributed by atoms with van der Waals surface area (Å²) >= 11 is 0. The molecule has 0 N–H and O–H groups in total. The molecule has 2 rings (SSSR count). The van der Waals surface area contributed by atoms with E-state index in [0.717, 1.165) is 5.56 Å². The fraction of sp³-hybridized carbons (Fsp3) is 0.353. The van der Waals surface area contributed by atoms with Gasteiger partial charge in [0.25, 0.3) is 0 Å². The fourth-order valence-corrected chi connectivity index (χ4v) is 2.13. The first-order chi connectivity index (χ1) is 11.4. The third-order valence-electron chi connectivity index (χ3n) is 3.22. The predicted octanol–water partition coefficient (Wildman–Crippen LogP) is 3.78. The van der Waals surface area contributed by atoms with Crippen molar-refractivity contribution in [3.63, 3.8) is 0 Å². The van der Waals surface area contributed by atoms with E-state index in [1.165, 1.54) is 11.2 Å². The van der Waals surface area contributed by atoms with Crippen molar-refractivity contribution in [3.05, 3.63) is 60.1 Å². The van der Waals surface area contributed by atoms with Crippen molar-refractivity contribution >= 4 is 5.91 Å². The molecular formula is C17H18F3NO3. The first-order valence-electron chi connectivity index (χ1n) is 7.42. The Bertz CT molecular complexity index is 612. The Balaban J connectivity index is 1.92. The summed E-state index contributed by atoms with van der Waals surface area (Å²) in [6, 6.07) is 12.8. The largest absolute Gasteiger partial charge is 0.467 e. The average molecular weight is 341 g/mol. The maximum atomic E-state index is 12.3. The quantitative estimate of drug-likeness (QED) is 0.686. The maximum Gasteiger partial charge on any atom is 0.411 e. The van der Waals surface area contributed by atoms with Gasteiger partial charge in [0.2, 0.25) is 5.91 Å². The molecule has 0 unspecified atom stereocenters. The Hall–Kier alpha value is -2.28. The van der Waals surface area contributed by atoms with Crippen molar-refractivity contribution in [2.75, 3.05) is 13.2 Å². The zero-order chi connectivity index (χ0) is 17.4. The van der Waals surface area contributed by atoms with Crippen molar-refractivity contribution in [3.8, 4) is 0 Å². The van der Waals surface area contributed by atoms with E-state index in [1.807, 2.05) is 30.3 Å². The van der Waals surface area contributed by atoms with Gasteiger partial charge in [0, 0.05) is 6.54 Å². The molecule has 1 amide bonds. The molecule has 0 radical (unpaired) electrons. The minimum atomic E-state index is -4.39. The fourth-order valence-electron chi connectivity index (χ4n) is 2.13. The summed E-state index contributed by atoms with van der Waals surface area (Å²) in [6.07, 6.45) is -3.00. The summed E-state index contributed by atoms with van der Waals surface area (Å²) in [5.74, 6) is 0.313. The third kappa shape index (κ3) is 6.45. The van der Waals surface area contributed by atoms with Crippen LogP contribution in [0.1, 0.15) is 17.7 Å². The third-order valence-corrected chi connectivity index (χ3v) is 3.22. The molecule has 0 aliphatic carbocycles. The van der Waals surface area contributed by atoms with Gasteiger partial charge in [-0.25, -0.2) is 0 Å². The molecule has 0 saturated heterocycles. The Kier molecular flexibility index (Phi) is 6.43. The molecule has 0 atom stereocenters. The maximum absolute atomic E-state index is 12.3. The molecule has 0 saturated carbocycles. The molecule has 0 aliphatic rings. The molecule has 7 heteroatoms. The molecular weight excluding hydrogens is 323 g/mol. The Labute approximate surface area is 137 Å². The van der Waals surface area contributed by atoms with Crippen LogP contribution in [0, 0.1) is 0 Å². The molecule has 0 aliphatic heterocycles. The van der Waals surface area contributed by atoms with Crippen molar-refractivity contribution in [2.24, 2.45) is 0 Å². The Morgan fingerprint density at radius 2 is 1.83 bits per heavy atom. The number of carbonyl (C=O) groups excluding carboxylic acids is 1. The highest BCUT2D eigenvalue weighted by Crippen LogP contribution is 2.15. The van der Waals surface area contributed by atoms with Crippen LogP contribution in [0.4, 0.5) is 13.2 Å². The van der Waals surface area contributed by atoms with E-state index in [1.54, 1.807) is 12.1 Å². The summed E-state index contributed by atoms with van der Waals surface area (Å²) in [5.41, 5.74) is 0.925. The molecule has 0 fully saturated rings. The predicted molar refractivity (Wildman–Crippen MR) is 80.9 cm³/mol. The number of amides is 1. The van der Waals surface area contributed by atoms with Gasteiger partial charge in [0.1, 0.15) is 12.4 Å². The standard InChI is InChI=1S/C17H18F3NO3/c18-17(19,20)13-23-10-8-16(22)21(12-15-7-4-9-24-15)11-14-5-2-1-3-6-14/h1-7,9H,8,10-13H2. The number of halogens is 3. The SMILES string of the molecule is O=C(CCOCC(F)(F)F)N(Cc1ccccc1)Cc1ccco1. The van der Waals surface area contributed by atoms with Gasteiger partial charge in [-0.3, -0.25) is 4.79 Å². The number of carbonyl (C=O) groups is 1. The zero-order valence-electron chi connectivity index (χ0n) is 13.0. The number of hydrogen-bond donors (Lipinski definition) is 0. The van der Waals surface area contributed by atoms with Gasteiger partial charge in [-0.1, -0.05) is 30.3 Å². The molecule has 1 heterocycles. The second-order valence-corrected chi connectivity index (χ2v) is 5.23. The van der Waals surface area contributed by atoms with Crippen LogP contribution in [0.5, 0.6) is 0 Å². The van der Waals surface area contributed by atoms with Crippen LogP contribution in [0.25, 0.3) is 0 Å². The van der Waals surface area contributed by atoms with Crippen LogP contribution < -0.4 is 0 Å². The number of rotatable bonds is 8. The van der Waals surface area contributed by atoms with E-state index in [9.17, 15) is 18.0 Å². The lowest BCUT2D eigenvalue weighted by atomic mass is 10.2. The van der Waals surface area contributed by atoms with E-state index in [-0.39, 0.29) is 25.5 Å². The number of furan rings is 1. The molecule has 24 heavy (non-hydrogen) atoms. The van der Waals surface area contributed by atoms with E-state index in [4.69, 9.17) is 4.42 Å². The highest BCUT2D eigenvalue weighted by atomic mass is 19.4. The van der Waals surface area contributed by atoms with Crippen LogP contribution in [0.2, 0.25) is 0 Å². The van der Waals surface area contributed by atoms with Crippen LogP contribution in [-0.4, -0.2) is 30.2 Å². The summed E-state index contributed by atoms with van der Waals surface area (Å²) in [5, 5.41) is 0. The van der Waals surface area contributed by atoms with Crippen molar-refractivity contribution in [1.82, 2.24) is 4.90 Å². The molecule has 1 aromatic heterocycles. The molecule has 130 valence electrons. The summed E-state index contributed by atoms with van der Waals surface area (Å²) in [6.45, 7) is -1.03. The van der Waals surface area contributed by atoms with E-state index >= 15 is 0 Å². The Morgan fingerprint density at radius 1 is 1.08 bits per heavy atom. The van der Waals surface area contributed by atoms with Crippen molar-refractivity contribution < 1.29 is 27.1 Å². The Morgan fingerprint density at radius 3 is 2.46 bits per heavy atom. The van der Waals surface area contributed by atoms with E-state index in [2.05, 4.69) is 4.74 Å². The second kappa shape index (κ2) is 8.54. The highest BCUT2D eigenvalue weighted by Gasteiger charge is 2.27. The van der Waals surface area contributed by atoms with Gasteiger partial charge in [-0.2, -0.15) is 13.2 Å². The van der Waals surface area contributed by atoms with Gasteiger partial charge in [-0.15, -0.1) is 0 Å². The number of hydrogen-bond acceptors (Lipinski definition) is 3. The number of alkyl halides is 3. The normalized spacial score (nSPS) is 11.5. The second-order valence-electron chi connectivity index (χ2n) is 5.23. The van der Waals surface area contributed by atoms with Crippen LogP contribution in [-0.2, 0) is 22.6 Å². The van der Waals surface area contributed by atoms with Gasteiger partial charge in [0.15, 0.2) is 0 Å². The minimum Gasteiger partial charge on any atom is -0.467 e. The van der Waals surface area contributed by atoms with E-state index in [0.29, 0.717) is 12.3 Å².